The van der Waals surface area contributed by atoms with Crippen molar-refractivity contribution in [2.45, 2.75) is 6.54 Å². The zero-order valence-corrected chi connectivity index (χ0v) is 12.3. The molecule has 0 aliphatic carbocycles. The van der Waals surface area contributed by atoms with Crippen molar-refractivity contribution in [2.75, 3.05) is 11.9 Å². The number of benzene rings is 2. The molecule has 0 bridgehead atoms. The Balaban J connectivity index is 2.30. The van der Waals surface area contributed by atoms with Crippen molar-refractivity contribution in [1.82, 2.24) is 0 Å². The topological polar surface area (TPSA) is 27.0 Å². The Morgan fingerprint density at radius 2 is 1.85 bits per heavy atom. The fourth-order valence-corrected chi connectivity index (χ4v) is 2.43. The summed E-state index contributed by atoms with van der Waals surface area (Å²) < 4.78 is 28.7. The summed E-state index contributed by atoms with van der Waals surface area (Å²) in [5.41, 5.74) is 0.758. The molecule has 0 radical (unpaired) electrons. The van der Waals surface area contributed by atoms with Gasteiger partial charge in [-0.3, -0.25) is 0 Å². The van der Waals surface area contributed by atoms with Crippen molar-refractivity contribution < 1.29 is 8.78 Å². The Bertz CT molecular complexity index is 657. The van der Waals surface area contributed by atoms with E-state index in [1.54, 1.807) is 13.1 Å². The van der Waals surface area contributed by atoms with Crippen LogP contribution in [0.5, 0.6) is 0 Å². The molecule has 0 amide bonds. The van der Waals surface area contributed by atoms with E-state index in [0.717, 1.165) is 22.2 Å². The predicted molar refractivity (Wildman–Crippen MR) is 77.3 cm³/mol. The van der Waals surface area contributed by atoms with Gasteiger partial charge in [0.2, 0.25) is 0 Å². The lowest BCUT2D eigenvalue weighted by Crippen LogP contribution is -2.19. The average molecular weight is 337 g/mol. The molecule has 0 aliphatic rings. The van der Waals surface area contributed by atoms with Gasteiger partial charge in [-0.1, -0.05) is 28.1 Å². The summed E-state index contributed by atoms with van der Waals surface area (Å²) in [5.74, 6) is -1.47. The first-order chi connectivity index (χ1) is 9.51. The van der Waals surface area contributed by atoms with Crippen molar-refractivity contribution >= 4 is 21.6 Å². The van der Waals surface area contributed by atoms with E-state index in [4.69, 9.17) is 5.26 Å². The second kappa shape index (κ2) is 6.02. The zero-order chi connectivity index (χ0) is 14.7. The van der Waals surface area contributed by atoms with Crippen molar-refractivity contribution in [3.05, 3.63) is 63.6 Å². The van der Waals surface area contributed by atoms with Gasteiger partial charge >= 0.3 is 0 Å². The van der Waals surface area contributed by atoms with E-state index in [1.807, 2.05) is 24.3 Å². The largest absolute Gasteiger partial charge is 0.366 e. The Labute approximate surface area is 124 Å². The smallest absolute Gasteiger partial charge is 0.150 e. The van der Waals surface area contributed by atoms with Gasteiger partial charge in [0.15, 0.2) is 11.6 Å². The lowest BCUT2D eigenvalue weighted by Gasteiger charge is -2.21. The van der Waals surface area contributed by atoms with E-state index in [0.29, 0.717) is 6.54 Å². The molecular formula is C15H11BrF2N2. The molecule has 2 aromatic rings. The van der Waals surface area contributed by atoms with Crippen LogP contribution in [0, 0.1) is 23.0 Å². The van der Waals surface area contributed by atoms with E-state index in [2.05, 4.69) is 15.9 Å². The van der Waals surface area contributed by atoms with Crippen molar-refractivity contribution in [3.63, 3.8) is 0 Å². The minimum atomic E-state index is -0.737. The highest BCUT2D eigenvalue weighted by Crippen LogP contribution is 2.25. The number of nitriles is 1. The van der Waals surface area contributed by atoms with Gasteiger partial charge in [0.25, 0.3) is 0 Å². The molecule has 0 aromatic heterocycles. The van der Waals surface area contributed by atoms with Crippen LogP contribution in [0.2, 0.25) is 0 Å². The van der Waals surface area contributed by atoms with Gasteiger partial charge in [0.05, 0.1) is 11.6 Å². The summed E-state index contributed by atoms with van der Waals surface area (Å²) in [5, 5.41) is 8.68. The number of hydrogen-bond acceptors (Lipinski definition) is 2. The van der Waals surface area contributed by atoms with E-state index >= 15 is 0 Å². The zero-order valence-electron chi connectivity index (χ0n) is 10.7. The first-order valence-corrected chi connectivity index (χ1v) is 6.65. The van der Waals surface area contributed by atoms with Crippen molar-refractivity contribution in [1.29, 1.82) is 5.26 Å². The van der Waals surface area contributed by atoms with Crippen LogP contribution in [0.25, 0.3) is 0 Å². The predicted octanol–water partition coefficient (Wildman–Crippen LogP) is 4.24. The molecule has 0 unspecified atom stereocenters. The maximum absolute atomic E-state index is 13.9. The van der Waals surface area contributed by atoms with E-state index in [1.165, 1.54) is 4.90 Å². The maximum atomic E-state index is 13.9. The highest BCUT2D eigenvalue weighted by Gasteiger charge is 2.15. The molecule has 0 saturated carbocycles. The SMILES string of the molecule is CN(Cc1cccc(Br)c1)c1c(F)cc(C#N)cc1F. The molecule has 0 N–H and O–H groups in total. The van der Waals surface area contributed by atoms with Crippen LogP contribution < -0.4 is 4.90 Å². The first kappa shape index (κ1) is 14.5. The standard InChI is InChI=1S/C15H11BrF2N2/c1-20(9-10-3-2-4-12(16)5-10)15-13(17)6-11(8-19)7-14(15)18/h2-7H,9H2,1H3. The number of anilines is 1. The summed E-state index contributed by atoms with van der Waals surface area (Å²) in [6.45, 7) is 0.360. The van der Waals surface area contributed by atoms with Gasteiger partial charge in [-0.25, -0.2) is 8.78 Å². The quantitative estimate of drug-likeness (QED) is 0.838. The summed E-state index contributed by atoms with van der Waals surface area (Å²) >= 11 is 3.35. The Kier molecular flexibility index (Phi) is 4.35. The molecule has 20 heavy (non-hydrogen) atoms. The van der Waals surface area contributed by atoms with Crippen LogP contribution in [0.3, 0.4) is 0 Å². The summed E-state index contributed by atoms with van der Waals surface area (Å²) in [6.07, 6.45) is 0. The molecule has 0 heterocycles. The molecule has 2 aromatic carbocycles. The van der Waals surface area contributed by atoms with Crippen molar-refractivity contribution in [2.24, 2.45) is 0 Å². The Hall–Kier alpha value is -1.93. The molecule has 2 rings (SSSR count). The molecule has 0 aliphatic heterocycles. The van der Waals surface area contributed by atoms with Gasteiger partial charge in [0.1, 0.15) is 5.69 Å². The van der Waals surface area contributed by atoms with Gasteiger partial charge < -0.3 is 4.90 Å². The first-order valence-electron chi connectivity index (χ1n) is 5.86. The van der Waals surface area contributed by atoms with Crippen LogP contribution >= 0.6 is 15.9 Å². The Morgan fingerprint density at radius 3 is 2.40 bits per heavy atom. The van der Waals surface area contributed by atoms with Gasteiger partial charge in [-0.15, -0.1) is 0 Å². The third-order valence-corrected chi connectivity index (χ3v) is 3.33. The minimum Gasteiger partial charge on any atom is -0.366 e. The molecule has 5 heteroatoms. The molecule has 0 atom stereocenters. The third kappa shape index (κ3) is 3.14. The van der Waals surface area contributed by atoms with Gasteiger partial charge in [0, 0.05) is 18.1 Å². The summed E-state index contributed by atoms with van der Waals surface area (Å²) in [7, 11) is 1.61. The van der Waals surface area contributed by atoms with Crippen LogP contribution in [-0.4, -0.2) is 7.05 Å². The van der Waals surface area contributed by atoms with Crippen molar-refractivity contribution in [3.8, 4) is 6.07 Å². The maximum Gasteiger partial charge on any atom is 0.150 e. The van der Waals surface area contributed by atoms with Crippen LogP contribution in [0.15, 0.2) is 40.9 Å². The number of halogens is 3. The molecule has 102 valence electrons. The van der Waals surface area contributed by atoms with Crippen LogP contribution in [-0.2, 0) is 6.54 Å². The third-order valence-electron chi connectivity index (χ3n) is 2.84. The lowest BCUT2D eigenvalue weighted by molar-refractivity contribution is 0.576. The summed E-state index contributed by atoms with van der Waals surface area (Å²) in [4.78, 5) is 1.48. The second-order valence-electron chi connectivity index (χ2n) is 4.39. The number of nitrogens with zero attached hydrogens (tertiary/aromatic N) is 2. The van der Waals surface area contributed by atoms with Gasteiger partial charge in [-0.05, 0) is 29.8 Å². The fourth-order valence-electron chi connectivity index (χ4n) is 1.98. The monoisotopic (exact) mass is 336 g/mol. The molecular weight excluding hydrogens is 326 g/mol. The van der Waals surface area contributed by atoms with E-state index < -0.39 is 11.6 Å². The highest BCUT2D eigenvalue weighted by molar-refractivity contribution is 9.10. The second-order valence-corrected chi connectivity index (χ2v) is 5.30. The van der Waals surface area contributed by atoms with Crippen LogP contribution in [0.4, 0.5) is 14.5 Å². The molecule has 0 fully saturated rings. The normalized spacial score (nSPS) is 10.2. The Morgan fingerprint density at radius 1 is 1.20 bits per heavy atom. The molecule has 0 spiro atoms. The molecule has 2 nitrogen and oxygen atoms in total. The van der Waals surface area contributed by atoms with E-state index in [9.17, 15) is 8.78 Å². The summed E-state index contributed by atoms with van der Waals surface area (Å²) in [6, 6.07) is 11.3. The minimum absolute atomic E-state index is 0.0281. The lowest BCUT2D eigenvalue weighted by atomic mass is 10.1. The molecule has 0 saturated heterocycles. The van der Waals surface area contributed by atoms with Gasteiger partial charge in [-0.2, -0.15) is 5.26 Å². The average Bonchev–Trinajstić information content (AvgIpc) is 2.37. The van der Waals surface area contributed by atoms with Crippen LogP contribution in [0.1, 0.15) is 11.1 Å². The fraction of sp³-hybridized carbons (Fsp3) is 0.133. The number of rotatable bonds is 3. The number of hydrogen-bond donors (Lipinski definition) is 0. The van der Waals surface area contributed by atoms with E-state index in [-0.39, 0.29) is 11.3 Å². The highest BCUT2D eigenvalue weighted by atomic mass is 79.9.